The molecule has 0 bridgehead atoms. The van der Waals surface area contributed by atoms with Crippen LogP contribution in [-0.4, -0.2) is 36.0 Å². The first-order valence-corrected chi connectivity index (χ1v) is 7.71. The van der Waals surface area contributed by atoms with Crippen molar-refractivity contribution in [1.29, 1.82) is 0 Å². The molecule has 0 spiro atoms. The van der Waals surface area contributed by atoms with Gasteiger partial charge in [-0.25, -0.2) is 0 Å². The van der Waals surface area contributed by atoms with Gasteiger partial charge < -0.3 is 14.6 Å². The summed E-state index contributed by atoms with van der Waals surface area (Å²) in [7, 11) is 1.66. The highest BCUT2D eigenvalue weighted by Gasteiger charge is 2.38. The summed E-state index contributed by atoms with van der Waals surface area (Å²) in [6.45, 7) is 1.85. The quantitative estimate of drug-likeness (QED) is 0.921. The highest BCUT2D eigenvalue weighted by atomic mass is 16.5. The van der Waals surface area contributed by atoms with Crippen molar-refractivity contribution in [3.63, 3.8) is 0 Å². The minimum atomic E-state index is 0.127. The summed E-state index contributed by atoms with van der Waals surface area (Å²) in [6, 6.07) is 7.76. The zero-order valence-corrected chi connectivity index (χ0v) is 12.3. The fourth-order valence-corrected chi connectivity index (χ4v) is 3.99. The number of likely N-dealkylation sites (tertiary alicyclic amines) is 1. The minimum absolute atomic E-state index is 0.127. The Labute approximate surface area is 124 Å². The smallest absolute Gasteiger partial charge is 0.270 e. The lowest BCUT2D eigenvalue weighted by Gasteiger charge is -2.16. The Morgan fingerprint density at radius 1 is 1.29 bits per heavy atom. The van der Waals surface area contributed by atoms with Gasteiger partial charge in [-0.1, -0.05) is 12.5 Å². The van der Waals surface area contributed by atoms with E-state index in [0.29, 0.717) is 5.69 Å². The van der Waals surface area contributed by atoms with Gasteiger partial charge >= 0.3 is 0 Å². The first-order chi connectivity index (χ1) is 10.3. The zero-order valence-electron chi connectivity index (χ0n) is 12.3. The van der Waals surface area contributed by atoms with Crippen molar-refractivity contribution in [3.8, 4) is 5.75 Å². The second-order valence-electron chi connectivity index (χ2n) is 6.27. The van der Waals surface area contributed by atoms with Gasteiger partial charge in [-0.3, -0.25) is 4.79 Å². The predicted molar refractivity (Wildman–Crippen MR) is 81.6 cm³/mol. The largest absolute Gasteiger partial charge is 0.496 e. The Morgan fingerprint density at radius 3 is 2.76 bits per heavy atom. The molecule has 2 heterocycles. The zero-order chi connectivity index (χ0) is 14.4. The molecule has 1 aromatic carbocycles. The van der Waals surface area contributed by atoms with Crippen LogP contribution < -0.4 is 4.74 Å². The van der Waals surface area contributed by atoms with Gasteiger partial charge in [0, 0.05) is 24.0 Å². The van der Waals surface area contributed by atoms with E-state index in [2.05, 4.69) is 4.98 Å². The van der Waals surface area contributed by atoms with E-state index in [1.54, 1.807) is 7.11 Å². The van der Waals surface area contributed by atoms with Crippen LogP contribution in [0, 0.1) is 11.8 Å². The summed E-state index contributed by atoms with van der Waals surface area (Å²) in [4.78, 5) is 18.0. The van der Waals surface area contributed by atoms with Gasteiger partial charge in [-0.2, -0.15) is 0 Å². The predicted octanol–water partition coefficient (Wildman–Crippen LogP) is 3.05. The minimum Gasteiger partial charge on any atom is -0.496 e. The maximum Gasteiger partial charge on any atom is 0.270 e. The standard InChI is InChI=1S/C17H20N2O2/c1-21-16-7-3-6-14-13(16)8-15(18-14)17(20)19-9-11-4-2-5-12(11)10-19/h3,6-8,11-12,18H,2,4-5,9-10H2,1H3/t11-,12+. The lowest BCUT2D eigenvalue weighted by Crippen LogP contribution is -2.29. The number of carbonyl (C=O) groups is 1. The normalized spacial score (nSPS) is 24.5. The number of methoxy groups -OCH3 is 1. The molecule has 2 aromatic rings. The number of nitrogens with one attached hydrogen (secondary N) is 1. The van der Waals surface area contributed by atoms with E-state index in [0.717, 1.165) is 41.6 Å². The van der Waals surface area contributed by atoms with Crippen LogP contribution in [0.3, 0.4) is 0 Å². The third-order valence-electron chi connectivity index (χ3n) is 5.09. The molecule has 2 aliphatic rings. The lowest BCUT2D eigenvalue weighted by molar-refractivity contribution is 0.0776. The van der Waals surface area contributed by atoms with Crippen molar-refractivity contribution < 1.29 is 9.53 Å². The van der Waals surface area contributed by atoms with Gasteiger partial charge in [-0.05, 0) is 42.9 Å². The van der Waals surface area contributed by atoms with E-state index in [1.165, 1.54) is 19.3 Å². The van der Waals surface area contributed by atoms with E-state index in [-0.39, 0.29) is 5.91 Å². The number of H-pyrrole nitrogens is 1. The Bertz CT molecular complexity index is 679. The van der Waals surface area contributed by atoms with Gasteiger partial charge in [0.15, 0.2) is 0 Å². The number of aromatic nitrogens is 1. The van der Waals surface area contributed by atoms with Gasteiger partial charge in [0.25, 0.3) is 5.91 Å². The Balaban J connectivity index is 1.63. The van der Waals surface area contributed by atoms with Crippen LogP contribution in [0.15, 0.2) is 24.3 Å². The molecule has 1 amide bonds. The molecule has 4 nitrogen and oxygen atoms in total. The molecule has 0 unspecified atom stereocenters. The first-order valence-electron chi connectivity index (χ1n) is 7.71. The summed E-state index contributed by atoms with van der Waals surface area (Å²) in [5.41, 5.74) is 1.63. The second kappa shape index (κ2) is 4.79. The van der Waals surface area contributed by atoms with Crippen LogP contribution >= 0.6 is 0 Å². The number of hydrogen-bond acceptors (Lipinski definition) is 2. The van der Waals surface area contributed by atoms with Crippen molar-refractivity contribution in [1.82, 2.24) is 9.88 Å². The average Bonchev–Trinajstić information content (AvgIpc) is 3.18. The monoisotopic (exact) mass is 284 g/mol. The molecule has 2 fully saturated rings. The van der Waals surface area contributed by atoms with Crippen LogP contribution in [0.2, 0.25) is 0 Å². The molecule has 1 aliphatic carbocycles. The van der Waals surface area contributed by atoms with E-state index < -0.39 is 0 Å². The van der Waals surface area contributed by atoms with Gasteiger partial charge in [0.1, 0.15) is 11.4 Å². The van der Waals surface area contributed by atoms with Crippen LogP contribution in [0.5, 0.6) is 5.75 Å². The Morgan fingerprint density at radius 2 is 2.05 bits per heavy atom. The first kappa shape index (κ1) is 12.7. The third kappa shape index (κ3) is 2.01. The molecule has 4 rings (SSSR count). The summed E-state index contributed by atoms with van der Waals surface area (Å²) in [5, 5.41) is 0.975. The molecule has 1 saturated heterocycles. The molecule has 1 aliphatic heterocycles. The molecule has 1 aromatic heterocycles. The van der Waals surface area contributed by atoms with E-state index >= 15 is 0 Å². The molecule has 2 atom stereocenters. The fourth-order valence-electron chi connectivity index (χ4n) is 3.99. The SMILES string of the molecule is COc1cccc2[nH]c(C(=O)N3C[C@H]4CCC[C@H]4C3)cc12. The number of aromatic amines is 1. The van der Waals surface area contributed by atoms with Crippen molar-refractivity contribution in [3.05, 3.63) is 30.0 Å². The van der Waals surface area contributed by atoms with E-state index in [1.807, 2.05) is 29.2 Å². The number of ether oxygens (including phenoxy) is 1. The van der Waals surface area contributed by atoms with Crippen LogP contribution in [0.1, 0.15) is 29.8 Å². The number of hydrogen-bond donors (Lipinski definition) is 1. The number of rotatable bonds is 2. The number of fused-ring (bicyclic) bond motifs is 2. The number of benzene rings is 1. The van der Waals surface area contributed by atoms with Crippen molar-refractivity contribution in [2.75, 3.05) is 20.2 Å². The van der Waals surface area contributed by atoms with Gasteiger partial charge in [0.05, 0.1) is 7.11 Å². The Hall–Kier alpha value is -1.97. The summed E-state index contributed by atoms with van der Waals surface area (Å²) in [5.74, 6) is 2.39. The second-order valence-corrected chi connectivity index (χ2v) is 6.27. The van der Waals surface area contributed by atoms with E-state index in [9.17, 15) is 4.79 Å². The van der Waals surface area contributed by atoms with Gasteiger partial charge in [-0.15, -0.1) is 0 Å². The summed E-state index contributed by atoms with van der Waals surface area (Å²) in [6.07, 6.45) is 3.91. The number of amides is 1. The maximum atomic E-state index is 12.7. The highest BCUT2D eigenvalue weighted by Crippen LogP contribution is 2.38. The van der Waals surface area contributed by atoms with Crippen LogP contribution in [0.25, 0.3) is 10.9 Å². The molecule has 4 heteroatoms. The van der Waals surface area contributed by atoms with Crippen molar-refractivity contribution >= 4 is 16.8 Å². The van der Waals surface area contributed by atoms with E-state index in [4.69, 9.17) is 4.74 Å². The fraction of sp³-hybridized carbons (Fsp3) is 0.471. The molecule has 21 heavy (non-hydrogen) atoms. The van der Waals surface area contributed by atoms with Gasteiger partial charge in [0.2, 0.25) is 0 Å². The number of carbonyl (C=O) groups excluding carboxylic acids is 1. The lowest BCUT2D eigenvalue weighted by atomic mass is 10.0. The van der Waals surface area contributed by atoms with Crippen LogP contribution in [-0.2, 0) is 0 Å². The topological polar surface area (TPSA) is 45.3 Å². The molecule has 0 radical (unpaired) electrons. The molecule has 1 saturated carbocycles. The maximum absolute atomic E-state index is 12.7. The highest BCUT2D eigenvalue weighted by molar-refractivity contribution is 5.99. The number of nitrogens with zero attached hydrogens (tertiary/aromatic N) is 1. The molecular formula is C17H20N2O2. The Kier molecular flexibility index (Phi) is 2.91. The average molecular weight is 284 g/mol. The molecular weight excluding hydrogens is 264 g/mol. The van der Waals surface area contributed by atoms with Crippen molar-refractivity contribution in [2.45, 2.75) is 19.3 Å². The molecule has 110 valence electrons. The molecule has 1 N–H and O–H groups in total. The van der Waals surface area contributed by atoms with Crippen LogP contribution in [0.4, 0.5) is 0 Å². The summed E-state index contributed by atoms with van der Waals surface area (Å²) < 4.78 is 5.36. The summed E-state index contributed by atoms with van der Waals surface area (Å²) >= 11 is 0. The van der Waals surface area contributed by atoms with Crippen molar-refractivity contribution in [2.24, 2.45) is 11.8 Å². The third-order valence-corrected chi connectivity index (χ3v) is 5.09.